The molecule has 0 aliphatic carbocycles. The van der Waals surface area contributed by atoms with Crippen molar-refractivity contribution < 1.29 is 34.8 Å². The second kappa shape index (κ2) is 8.63. The summed E-state index contributed by atoms with van der Waals surface area (Å²) in [5, 5.41) is 51.7. The van der Waals surface area contributed by atoms with E-state index in [0.717, 1.165) is 6.20 Å². The molecule has 2 heterocycles. The summed E-state index contributed by atoms with van der Waals surface area (Å²) in [6.07, 6.45) is -4.07. The number of nitrogens with zero attached hydrogens (tertiary/aromatic N) is 3. The summed E-state index contributed by atoms with van der Waals surface area (Å²) < 4.78 is 19.0. The molecule has 30 heavy (non-hydrogen) atoms. The van der Waals surface area contributed by atoms with Gasteiger partial charge in [0.15, 0.2) is 6.23 Å². The van der Waals surface area contributed by atoms with Crippen LogP contribution in [0.4, 0.5) is 10.2 Å². The van der Waals surface area contributed by atoms with E-state index in [1.165, 1.54) is 24.3 Å². The monoisotopic (exact) mass is 426 g/mol. The van der Waals surface area contributed by atoms with Gasteiger partial charge in [-0.2, -0.15) is 0 Å². The number of aromatic hydroxyl groups is 1. The number of halogens is 1. The highest BCUT2D eigenvalue weighted by molar-refractivity contribution is 5.39. The second-order valence-corrected chi connectivity index (χ2v) is 6.92. The van der Waals surface area contributed by atoms with E-state index >= 15 is 0 Å². The van der Waals surface area contributed by atoms with E-state index in [1.807, 2.05) is 0 Å². The maximum atomic E-state index is 12.8. The molecule has 1 unspecified atom stereocenters. The molecule has 4 atom stereocenters. The zero-order valence-electron chi connectivity index (χ0n) is 15.8. The molecule has 1 aromatic heterocycles. The fraction of sp³-hybridized carbons (Fsp3) is 0.444. The van der Waals surface area contributed by atoms with Crippen molar-refractivity contribution in [2.24, 2.45) is 0 Å². The molecular formula is C18H23FN4O7. The van der Waals surface area contributed by atoms with E-state index in [1.54, 1.807) is 0 Å². The molecule has 12 heteroatoms. The summed E-state index contributed by atoms with van der Waals surface area (Å²) >= 11 is 0. The number of anilines is 1. The van der Waals surface area contributed by atoms with E-state index in [9.17, 15) is 34.8 Å². The van der Waals surface area contributed by atoms with Gasteiger partial charge in [0.1, 0.15) is 23.8 Å². The SMILES string of the molecule is Nc1c(CCF)cnc(=O)n1C1O[C@H](CO)[C@@H](O)[C@]1(O)N(O)Cc1ccc(O)cc1. The molecule has 1 aliphatic rings. The standard InChI is InChI=1S/C18H23FN4O7/c19-6-5-11-7-21-17(27)23(15(11)20)16-18(28,14(26)13(9-24)30-16)22(29)8-10-1-3-12(25)4-2-10/h1-4,7,13-14,16,24-26,28-29H,5-6,8-9,20H2/t13-,14-,16?,18-/m1/s1. The molecule has 1 saturated heterocycles. The summed E-state index contributed by atoms with van der Waals surface area (Å²) in [6.45, 7) is -1.87. The first-order valence-electron chi connectivity index (χ1n) is 9.07. The number of aryl methyl sites for hydroxylation is 1. The molecule has 1 fully saturated rings. The number of phenolic OH excluding ortho intramolecular Hbond substituents is 1. The number of phenols is 1. The fourth-order valence-corrected chi connectivity index (χ4v) is 3.37. The minimum absolute atomic E-state index is 0.0144. The van der Waals surface area contributed by atoms with Gasteiger partial charge >= 0.3 is 5.69 Å². The lowest BCUT2D eigenvalue weighted by Crippen LogP contribution is -2.59. The average Bonchev–Trinajstić information content (AvgIpc) is 2.98. The molecular weight excluding hydrogens is 403 g/mol. The van der Waals surface area contributed by atoms with Gasteiger partial charge in [0.25, 0.3) is 0 Å². The lowest BCUT2D eigenvalue weighted by atomic mass is 10.0. The van der Waals surface area contributed by atoms with Crippen LogP contribution in [-0.4, -0.2) is 71.5 Å². The molecule has 0 spiro atoms. The van der Waals surface area contributed by atoms with Gasteiger partial charge in [-0.1, -0.05) is 12.1 Å². The van der Waals surface area contributed by atoms with Crippen LogP contribution in [0.5, 0.6) is 5.75 Å². The number of aromatic nitrogens is 2. The Hall–Kier alpha value is -2.61. The minimum Gasteiger partial charge on any atom is -0.508 e. The van der Waals surface area contributed by atoms with Crippen LogP contribution < -0.4 is 11.4 Å². The summed E-state index contributed by atoms with van der Waals surface area (Å²) in [6, 6.07) is 5.64. The van der Waals surface area contributed by atoms with Gasteiger partial charge in [0, 0.05) is 18.2 Å². The smallest absolute Gasteiger partial charge is 0.351 e. The van der Waals surface area contributed by atoms with Crippen molar-refractivity contribution >= 4 is 5.82 Å². The third-order valence-electron chi connectivity index (χ3n) is 5.04. The van der Waals surface area contributed by atoms with Gasteiger partial charge in [-0.05, 0) is 17.7 Å². The van der Waals surface area contributed by atoms with Crippen molar-refractivity contribution in [2.45, 2.75) is 37.1 Å². The zero-order valence-corrected chi connectivity index (χ0v) is 15.8. The summed E-state index contributed by atoms with van der Waals surface area (Å²) in [4.78, 5) is 16.0. The predicted molar refractivity (Wildman–Crippen MR) is 100.0 cm³/mol. The number of nitrogens with two attached hydrogens (primary N) is 1. The van der Waals surface area contributed by atoms with Crippen molar-refractivity contribution in [3.8, 4) is 5.75 Å². The summed E-state index contributed by atoms with van der Waals surface area (Å²) in [5.41, 5.74) is 2.97. The van der Waals surface area contributed by atoms with Crippen LogP contribution in [0.15, 0.2) is 35.3 Å². The Balaban J connectivity index is 2.05. The van der Waals surface area contributed by atoms with Crippen molar-refractivity contribution in [2.75, 3.05) is 19.0 Å². The number of hydroxylamine groups is 2. The van der Waals surface area contributed by atoms with E-state index in [4.69, 9.17) is 10.5 Å². The minimum atomic E-state index is -2.63. The quantitative estimate of drug-likeness (QED) is 0.235. The van der Waals surface area contributed by atoms with Crippen molar-refractivity contribution in [3.63, 3.8) is 0 Å². The van der Waals surface area contributed by atoms with Crippen molar-refractivity contribution in [3.05, 3.63) is 52.1 Å². The Bertz CT molecular complexity index is 941. The number of aliphatic hydroxyl groups excluding tert-OH is 2. The number of benzene rings is 1. The van der Waals surface area contributed by atoms with Gasteiger partial charge in [-0.25, -0.2) is 14.3 Å². The average molecular weight is 426 g/mol. The highest BCUT2D eigenvalue weighted by Gasteiger charge is 2.60. The molecule has 11 nitrogen and oxygen atoms in total. The summed E-state index contributed by atoms with van der Waals surface area (Å²) in [5.74, 6) is -0.278. The van der Waals surface area contributed by atoms with Gasteiger partial charge < -0.3 is 36.1 Å². The second-order valence-electron chi connectivity index (χ2n) is 6.92. The number of nitrogen functional groups attached to an aromatic ring is 1. The molecule has 0 bridgehead atoms. The van der Waals surface area contributed by atoms with Crippen molar-refractivity contribution in [1.82, 2.24) is 14.6 Å². The van der Waals surface area contributed by atoms with Crippen LogP contribution in [0.25, 0.3) is 0 Å². The topological polar surface area (TPSA) is 175 Å². The van der Waals surface area contributed by atoms with Crippen LogP contribution in [-0.2, 0) is 17.7 Å². The van der Waals surface area contributed by atoms with E-state index in [2.05, 4.69) is 4.98 Å². The van der Waals surface area contributed by atoms with Crippen LogP contribution in [0.3, 0.4) is 0 Å². The molecule has 0 radical (unpaired) electrons. The molecule has 0 saturated carbocycles. The number of ether oxygens (including phenoxy) is 1. The summed E-state index contributed by atoms with van der Waals surface area (Å²) in [7, 11) is 0. The third kappa shape index (κ3) is 3.76. The van der Waals surface area contributed by atoms with Gasteiger partial charge in [0.05, 0.1) is 19.8 Å². The van der Waals surface area contributed by atoms with Crippen LogP contribution in [0.2, 0.25) is 0 Å². The predicted octanol–water partition coefficient (Wildman–Crippen LogP) is -1.13. The maximum Gasteiger partial charge on any atom is 0.351 e. The van der Waals surface area contributed by atoms with Gasteiger partial charge in [-0.3, -0.25) is 4.39 Å². The Morgan fingerprint density at radius 3 is 2.60 bits per heavy atom. The molecule has 2 aromatic rings. The van der Waals surface area contributed by atoms with Crippen molar-refractivity contribution in [1.29, 1.82) is 0 Å². The number of alkyl halides is 1. The zero-order chi connectivity index (χ0) is 22.1. The van der Waals surface area contributed by atoms with E-state index < -0.39 is 43.1 Å². The highest BCUT2D eigenvalue weighted by atomic mass is 19.1. The van der Waals surface area contributed by atoms with Gasteiger partial charge in [-0.15, -0.1) is 5.06 Å². The third-order valence-corrected chi connectivity index (χ3v) is 5.04. The number of hydrogen-bond donors (Lipinski definition) is 6. The molecule has 164 valence electrons. The Kier molecular flexibility index (Phi) is 6.36. The van der Waals surface area contributed by atoms with Crippen LogP contribution >= 0.6 is 0 Å². The van der Waals surface area contributed by atoms with E-state index in [-0.39, 0.29) is 30.1 Å². The molecule has 0 amide bonds. The lowest BCUT2D eigenvalue weighted by Gasteiger charge is -2.38. The van der Waals surface area contributed by atoms with Crippen LogP contribution in [0, 0.1) is 0 Å². The molecule has 7 N–H and O–H groups in total. The maximum absolute atomic E-state index is 12.8. The Morgan fingerprint density at radius 1 is 1.33 bits per heavy atom. The van der Waals surface area contributed by atoms with E-state index in [0.29, 0.717) is 15.2 Å². The van der Waals surface area contributed by atoms with Crippen LogP contribution in [0.1, 0.15) is 17.4 Å². The normalized spacial score (nSPS) is 26.4. The largest absolute Gasteiger partial charge is 0.508 e. The number of rotatable bonds is 7. The molecule has 1 aliphatic heterocycles. The fourth-order valence-electron chi connectivity index (χ4n) is 3.37. The number of hydrogen-bond acceptors (Lipinski definition) is 10. The first kappa shape index (κ1) is 22.1. The number of aliphatic hydroxyl groups is 3. The Labute approximate surface area is 170 Å². The first-order valence-corrected chi connectivity index (χ1v) is 9.07. The first-order chi connectivity index (χ1) is 14.2. The molecule has 3 rings (SSSR count). The Morgan fingerprint density at radius 2 is 2.00 bits per heavy atom. The molecule has 1 aromatic carbocycles. The highest BCUT2D eigenvalue weighted by Crippen LogP contribution is 2.41. The van der Waals surface area contributed by atoms with Gasteiger partial charge in [0.2, 0.25) is 5.72 Å². The lowest BCUT2D eigenvalue weighted by molar-refractivity contribution is -0.317.